The van der Waals surface area contributed by atoms with E-state index >= 15 is 0 Å². The van der Waals surface area contributed by atoms with Crippen LogP contribution < -0.4 is 9.47 Å². The van der Waals surface area contributed by atoms with Gasteiger partial charge in [0.2, 0.25) is 16.8 Å². The smallest absolute Gasteiger partial charge is 0.243 e. The fourth-order valence-electron chi connectivity index (χ4n) is 3.39. The van der Waals surface area contributed by atoms with E-state index in [1.54, 1.807) is 29.4 Å². The van der Waals surface area contributed by atoms with Gasteiger partial charge in [-0.2, -0.15) is 4.31 Å². The Morgan fingerprint density at radius 3 is 2.80 bits per heavy atom. The second-order valence-electron chi connectivity index (χ2n) is 6.32. The zero-order valence-electron chi connectivity index (χ0n) is 13.7. The van der Waals surface area contributed by atoms with Crippen molar-refractivity contribution < 1.29 is 17.9 Å². The van der Waals surface area contributed by atoms with E-state index in [0.717, 1.165) is 23.5 Å². The Balaban J connectivity index is 1.59. The number of sulfonamides is 1. The summed E-state index contributed by atoms with van der Waals surface area (Å²) in [5.41, 5.74) is 1.67. The summed E-state index contributed by atoms with van der Waals surface area (Å²) in [5.74, 6) is 1.61. The van der Waals surface area contributed by atoms with E-state index in [2.05, 4.69) is 0 Å². The molecule has 4 rings (SSSR count). The second-order valence-corrected chi connectivity index (χ2v) is 8.64. The van der Waals surface area contributed by atoms with Gasteiger partial charge in [0, 0.05) is 18.1 Å². The fraction of sp³-hybridized carbons (Fsp3) is 0.333. The van der Waals surface area contributed by atoms with Gasteiger partial charge in [0.05, 0.1) is 4.90 Å². The molecule has 5 nitrogen and oxygen atoms in total. The molecule has 2 aromatic carbocycles. The maximum atomic E-state index is 13.0. The Kier molecular flexibility index (Phi) is 4.14. The average Bonchev–Trinajstić information content (AvgIpc) is 3.25. The van der Waals surface area contributed by atoms with Crippen LogP contribution in [0.1, 0.15) is 23.5 Å². The van der Waals surface area contributed by atoms with E-state index in [4.69, 9.17) is 21.1 Å². The number of hydrogen-bond donors (Lipinski definition) is 0. The molecular weight excluding hydrogens is 362 g/mol. The Morgan fingerprint density at radius 2 is 1.96 bits per heavy atom. The van der Waals surface area contributed by atoms with Gasteiger partial charge in [0.1, 0.15) is 0 Å². The third-order valence-electron chi connectivity index (χ3n) is 4.85. The first-order valence-corrected chi connectivity index (χ1v) is 9.93. The molecule has 0 N–H and O–H groups in total. The van der Waals surface area contributed by atoms with Gasteiger partial charge < -0.3 is 9.47 Å². The number of hydrogen-bond acceptors (Lipinski definition) is 4. The van der Waals surface area contributed by atoms with Gasteiger partial charge in [0.25, 0.3) is 0 Å². The quantitative estimate of drug-likeness (QED) is 0.818. The van der Waals surface area contributed by atoms with E-state index in [-0.39, 0.29) is 17.6 Å². The molecule has 0 amide bonds. The van der Waals surface area contributed by atoms with Crippen molar-refractivity contribution in [2.75, 3.05) is 19.9 Å². The molecule has 2 aliphatic heterocycles. The lowest BCUT2D eigenvalue weighted by Crippen LogP contribution is -2.29. The first-order chi connectivity index (χ1) is 12.0. The van der Waals surface area contributed by atoms with Gasteiger partial charge in [-0.15, -0.1) is 0 Å². The summed E-state index contributed by atoms with van der Waals surface area (Å²) in [4.78, 5) is 0.284. The Bertz CT molecular complexity index is 929. The molecule has 2 aromatic rings. The van der Waals surface area contributed by atoms with Crippen molar-refractivity contribution >= 4 is 21.6 Å². The molecule has 0 aliphatic carbocycles. The van der Waals surface area contributed by atoms with Gasteiger partial charge in [-0.1, -0.05) is 23.7 Å². The zero-order chi connectivity index (χ0) is 17.6. The van der Waals surface area contributed by atoms with Crippen molar-refractivity contribution in [1.82, 2.24) is 4.31 Å². The average molecular weight is 380 g/mol. The van der Waals surface area contributed by atoms with Crippen LogP contribution in [0.4, 0.5) is 0 Å². The number of fused-ring (bicyclic) bond motifs is 1. The lowest BCUT2D eigenvalue weighted by atomic mass is 9.98. The van der Waals surface area contributed by atoms with Crippen molar-refractivity contribution in [2.45, 2.75) is 24.2 Å². The third kappa shape index (κ3) is 2.88. The summed E-state index contributed by atoms with van der Waals surface area (Å²) < 4.78 is 38.3. The summed E-state index contributed by atoms with van der Waals surface area (Å²) in [6.45, 7) is 2.92. The highest BCUT2D eigenvalue weighted by molar-refractivity contribution is 7.89. The first kappa shape index (κ1) is 16.7. The molecule has 2 aliphatic rings. The molecule has 1 fully saturated rings. The highest BCUT2D eigenvalue weighted by Gasteiger charge is 2.34. The van der Waals surface area contributed by atoms with Crippen LogP contribution in [0, 0.1) is 6.92 Å². The summed E-state index contributed by atoms with van der Waals surface area (Å²) >= 11 is 6.10. The fourth-order valence-corrected chi connectivity index (χ4v) is 5.37. The van der Waals surface area contributed by atoms with Crippen molar-refractivity contribution in [3.63, 3.8) is 0 Å². The minimum absolute atomic E-state index is 0.142. The molecule has 132 valence electrons. The first-order valence-electron chi connectivity index (χ1n) is 8.11. The van der Waals surface area contributed by atoms with E-state index in [0.29, 0.717) is 23.7 Å². The minimum Gasteiger partial charge on any atom is -0.454 e. The lowest BCUT2D eigenvalue weighted by molar-refractivity contribution is 0.174. The number of ether oxygens (including phenoxy) is 2. The molecule has 0 bridgehead atoms. The Labute approximate surface area is 152 Å². The number of rotatable bonds is 3. The van der Waals surface area contributed by atoms with Crippen LogP contribution in [-0.4, -0.2) is 32.6 Å². The van der Waals surface area contributed by atoms with E-state index in [1.165, 1.54) is 0 Å². The van der Waals surface area contributed by atoms with Crippen molar-refractivity contribution in [1.29, 1.82) is 0 Å². The van der Waals surface area contributed by atoms with Crippen molar-refractivity contribution in [3.05, 3.63) is 52.5 Å². The SMILES string of the molecule is Cc1c(Cl)cccc1S(=O)(=O)N1CCC(c2ccc3c(c2)OCO3)C1. The minimum atomic E-state index is -3.55. The summed E-state index contributed by atoms with van der Waals surface area (Å²) in [6.07, 6.45) is 0.776. The molecule has 1 saturated heterocycles. The topological polar surface area (TPSA) is 55.8 Å². The molecule has 2 heterocycles. The molecule has 1 unspecified atom stereocenters. The van der Waals surface area contributed by atoms with Crippen LogP contribution in [0.3, 0.4) is 0 Å². The van der Waals surface area contributed by atoms with Crippen LogP contribution in [0.15, 0.2) is 41.3 Å². The number of benzene rings is 2. The van der Waals surface area contributed by atoms with Gasteiger partial charge in [0.15, 0.2) is 11.5 Å². The highest BCUT2D eigenvalue weighted by atomic mass is 35.5. The molecule has 0 saturated carbocycles. The summed E-state index contributed by atoms with van der Waals surface area (Å²) in [7, 11) is -3.55. The molecular formula is C18H18ClNO4S. The largest absolute Gasteiger partial charge is 0.454 e. The molecule has 7 heteroatoms. The summed E-state index contributed by atoms with van der Waals surface area (Å²) in [6, 6.07) is 10.8. The zero-order valence-corrected chi connectivity index (χ0v) is 15.3. The van der Waals surface area contributed by atoms with Crippen LogP contribution in [0.5, 0.6) is 11.5 Å². The van der Waals surface area contributed by atoms with E-state index < -0.39 is 10.0 Å². The molecule has 0 aromatic heterocycles. The predicted molar refractivity (Wildman–Crippen MR) is 94.9 cm³/mol. The monoisotopic (exact) mass is 379 g/mol. The summed E-state index contributed by atoms with van der Waals surface area (Å²) in [5, 5.41) is 0.465. The van der Waals surface area contributed by atoms with Crippen LogP contribution in [-0.2, 0) is 10.0 Å². The van der Waals surface area contributed by atoms with Crippen molar-refractivity contribution in [2.24, 2.45) is 0 Å². The molecule has 25 heavy (non-hydrogen) atoms. The van der Waals surface area contributed by atoms with Crippen molar-refractivity contribution in [3.8, 4) is 11.5 Å². The Hall–Kier alpha value is -1.76. The van der Waals surface area contributed by atoms with E-state index in [9.17, 15) is 8.42 Å². The van der Waals surface area contributed by atoms with Gasteiger partial charge in [-0.05, 0) is 54.7 Å². The normalized spacial score (nSPS) is 20.2. The third-order valence-corrected chi connectivity index (χ3v) is 7.27. The predicted octanol–water partition coefficient (Wildman–Crippen LogP) is 3.56. The molecule has 0 spiro atoms. The highest BCUT2D eigenvalue weighted by Crippen LogP contribution is 2.38. The number of halogens is 1. The van der Waals surface area contributed by atoms with Gasteiger partial charge in [-0.25, -0.2) is 8.42 Å². The molecule has 1 atom stereocenters. The van der Waals surface area contributed by atoms with Crippen LogP contribution >= 0.6 is 11.6 Å². The second kappa shape index (κ2) is 6.20. The van der Waals surface area contributed by atoms with Crippen LogP contribution in [0.2, 0.25) is 5.02 Å². The van der Waals surface area contributed by atoms with E-state index in [1.807, 2.05) is 18.2 Å². The number of nitrogens with zero attached hydrogens (tertiary/aromatic N) is 1. The maximum Gasteiger partial charge on any atom is 0.243 e. The lowest BCUT2D eigenvalue weighted by Gasteiger charge is -2.18. The van der Waals surface area contributed by atoms with Gasteiger partial charge >= 0.3 is 0 Å². The Morgan fingerprint density at radius 1 is 1.16 bits per heavy atom. The standard InChI is InChI=1S/C18H18ClNO4S/c1-12-15(19)3-2-4-18(12)25(21,22)20-8-7-14(10-20)13-5-6-16-17(9-13)24-11-23-16/h2-6,9,14H,7-8,10-11H2,1H3. The van der Waals surface area contributed by atoms with Gasteiger partial charge in [-0.3, -0.25) is 0 Å². The molecule has 0 radical (unpaired) electrons. The van der Waals surface area contributed by atoms with Crippen LogP contribution in [0.25, 0.3) is 0 Å². The maximum absolute atomic E-state index is 13.0.